The van der Waals surface area contributed by atoms with Crippen LogP contribution in [0.4, 0.5) is 0 Å². The summed E-state index contributed by atoms with van der Waals surface area (Å²) in [6, 6.07) is 1.98. The predicted octanol–water partition coefficient (Wildman–Crippen LogP) is -4.10. The molecule has 10 N–H and O–H groups in total. The minimum absolute atomic E-state index is 0.265. The molecule has 3 heterocycles. The van der Waals surface area contributed by atoms with Gasteiger partial charge in [-0.2, -0.15) is 0 Å². The molecule has 15 heteroatoms. The Morgan fingerprint density at radius 1 is 0.750 bits per heavy atom. The second kappa shape index (κ2) is 10.1. The largest absolute Gasteiger partial charge is 0.507 e. The number of phenolic OH excluding ortho intramolecular Hbond substituents is 2. The Hall–Kier alpha value is -2.57. The highest BCUT2D eigenvalue weighted by Crippen LogP contribution is 2.50. The average molecular weight is 518 g/mol. The smallest absolute Gasteiger partial charge is 0.336 e. The van der Waals surface area contributed by atoms with E-state index in [0.29, 0.717) is 0 Å². The molecule has 36 heavy (non-hydrogen) atoms. The van der Waals surface area contributed by atoms with Crippen molar-refractivity contribution in [2.75, 3.05) is 13.2 Å². The monoisotopic (exact) mass is 518 g/mol. The topological polar surface area (TPSA) is 260 Å². The molecule has 0 saturated carbocycles. The van der Waals surface area contributed by atoms with Crippen LogP contribution in [0, 0.1) is 0 Å². The van der Waals surface area contributed by atoms with E-state index in [1.165, 1.54) is 0 Å². The van der Waals surface area contributed by atoms with Crippen LogP contribution in [-0.4, -0.2) is 119 Å². The molecule has 2 aromatic rings. The molecule has 0 amide bonds. The molecule has 15 nitrogen and oxygen atoms in total. The Morgan fingerprint density at radius 2 is 1.33 bits per heavy atom. The molecule has 0 radical (unpaired) electrons. The zero-order valence-corrected chi connectivity index (χ0v) is 18.4. The molecule has 2 saturated heterocycles. The van der Waals surface area contributed by atoms with E-state index in [4.69, 9.17) is 18.6 Å². The van der Waals surface area contributed by atoms with Crippen molar-refractivity contribution in [3.8, 4) is 17.2 Å². The lowest BCUT2D eigenvalue weighted by atomic mass is 9.89. The van der Waals surface area contributed by atoms with Crippen LogP contribution in [0.2, 0.25) is 0 Å². The lowest BCUT2D eigenvalue weighted by molar-refractivity contribution is -0.277. The number of ether oxygens (including phenoxy) is 3. The van der Waals surface area contributed by atoms with Crippen molar-refractivity contribution < 1.29 is 69.7 Å². The Balaban J connectivity index is 1.86. The van der Waals surface area contributed by atoms with Crippen molar-refractivity contribution >= 4 is 11.0 Å². The number of rotatable bonds is 5. The third-order valence-electron chi connectivity index (χ3n) is 6.28. The summed E-state index contributed by atoms with van der Waals surface area (Å²) in [4.78, 5) is 11.9. The van der Waals surface area contributed by atoms with Gasteiger partial charge in [0.1, 0.15) is 60.7 Å². The Kier molecular flexibility index (Phi) is 7.40. The number of aromatic hydroxyl groups is 2. The number of benzene rings is 1. The lowest BCUT2D eigenvalue weighted by Gasteiger charge is -2.41. The van der Waals surface area contributed by atoms with Gasteiger partial charge in [-0.15, -0.1) is 0 Å². The zero-order valence-electron chi connectivity index (χ0n) is 18.4. The average Bonchev–Trinajstić information content (AvgIpc) is 2.86. The number of hydrogen-bond acceptors (Lipinski definition) is 15. The van der Waals surface area contributed by atoms with Crippen LogP contribution in [0.15, 0.2) is 21.3 Å². The second-order valence-corrected chi connectivity index (χ2v) is 8.50. The van der Waals surface area contributed by atoms with Gasteiger partial charge in [0.15, 0.2) is 11.3 Å². The van der Waals surface area contributed by atoms with Gasteiger partial charge >= 0.3 is 5.63 Å². The summed E-state index contributed by atoms with van der Waals surface area (Å²) in [7, 11) is 0. The SMILES string of the molecule is O=c1ccc2c(O)c([C@@H]3O[C@H](CO)[C@H](O)[C@@H](O)[C@@H]3O)c(O)c(O[C@H]3O[C@@H](CO)[C@H](O)[C@@H](O)[C@@H]3O)c2o1. The van der Waals surface area contributed by atoms with Gasteiger partial charge in [-0.25, -0.2) is 4.79 Å². The molecule has 1 aromatic heterocycles. The van der Waals surface area contributed by atoms with Crippen LogP contribution >= 0.6 is 0 Å². The molecule has 0 unspecified atom stereocenters. The van der Waals surface area contributed by atoms with Crippen molar-refractivity contribution in [3.05, 3.63) is 28.1 Å². The first-order chi connectivity index (χ1) is 17.0. The van der Waals surface area contributed by atoms with Gasteiger partial charge in [0.2, 0.25) is 12.0 Å². The molecule has 0 aliphatic carbocycles. The summed E-state index contributed by atoms with van der Waals surface area (Å²) in [5.41, 5.74) is -2.10. The Bertz CT molecular complexity index is 1150. The molecular formula is C21H26O15. The molecule has 4 rings (SSSR count). The fraction of sp³-hybridized carbons (Fsp3) is 0.571. The summed E-state index contributed by atoms with van der Waals surface area (Å²) in [5.74, 6) is -2.54. The molecular weight excluding hydrogens is 492 g/mol. The maximum atomic E-state index is 11.9. The van der Waals surface area contributed by atoms with Gasteiger partial charge in [-0.3, -0.25) is 0 Å². The summed E-state index contributed by atoms with van der Waals surface area (Å²) in [6.45, 7) is -1.60. The van der Waals surface area contributed by atoms with E-state index >= 15 is 0 Å². The minimum Gasteiger partial charge on any atom is -0.507 e. The number of hydrogen-bond donors (Lipinski definition) is 10. The minimum atomic E-state index is -1.94. The lowest BCUT2D eigenvalue weighted by Crippen LogP contribution is -2.60. The maximum Gasteiger partial charge on any atom is 0.336 e. The zero-order chi connectivity index (χ0) is 26.5. The fourth-order valence-corrected chi connectivity index (χ4v) is 4.26. The van der Waals surface area contributed by atoms with E-state index in [-0.39, 0.29) is 5.39 Å². The van der Waals surface area contributed by atoms with Gasteiger partial charge in [-0.05, 0) is 6.07 Å². The van der Waals surface area contributed by atoms with Crippen LogP contribution in [0.5, 0.6) is 17.2 Å². The third-order valence-corrected chi connectivity index (χ3v) is 6.28. The number of fused-ring (bicyclic) bond motifs is 1. The molecule has 1 aromatic carbocycles. The first-order valence-corrected chi connectivity index (χ1v) is 10.8. The van der Waals surface area contributed by atoms with E-state index < -0.39 is 108 Å². The normalized spacial score (nSPS) is 37.2. The highest BCUT2D eigenvalue weighted by atomic mass is 16.7. The van der Waals surface area contributed by atoms with Crippen LogP contribution in [0.1, 0.15) is 11.7 Å². The molecule has 10 atom stereocenters. The molecule has 0 bridgehead atoms. The van der Waals surface area contributed by atoms with Crippen molar-refractivity contribution in [1.29, 1.82) is 0 Å². The van der Waals surface area contributed by atoms with Crippen molar-refractivity contribution in [1.82, 2.24) is 0 Å². The molecule has 2 aliphatic rings. The molecule has 200 valence electrons. The van der Waals surface area contributed by atoms with Crippen molar-refractivity contribution in [3.63, 3.8) is 0 Å². The van der Waals surface area contributed by atoms with Crippen molar-refractivity contribution in [2.24, 2.45) is 0 Å². The van der Waals surface area contributed by atoms with Gasteiger partial charge < -0.3 is 69.7 Å². The summed E-state index contributed by atoms with van der Waals surface area (Å²) in [6.07, 6.45) is -17.5. The molecule has 0 spiro atoms. The number of aliphatic hydroxyl groups is 8. The van der Waals surface area contributed by atoms with Gasteiger partial charge in [0.05, 0.1) is 24.2 Å². The second-order valence-electron chi connectivity index (χ2n) is 8.50. The quantitative estimate of drug-likeness (QED) is 0.169. The summed E-state index contributed by atoms with van der Waals surface area (Å²) >= 11 is 0. The van der Waals surface area contributed by atoms with Crippen LogP contribution < -0.4 is 10.4 Å². The van der Waals surface area contributed by atoms with E-state index in [1.807, 2.05) is 0 Å². The first-order valence-electron chi connectivity index (χ1n) is 10.8. The van der Waals surface area contributed by atoms with E-state index in [1.54, 1.807) is 0 Å². The first kappa shape index (κ1) is 26.5. The van der Waals surface area contributed by atoms with E-state index in [9.17, 15) is 55.9 Å². The predicted molar refractivity (Wildman–Crippen MR) is 113 cm³/mol. The highest BCUT2D eigenvalue weighted by Gasteiger charge is 2.48. The van der Waals surface area contributed by atoms with Gasteiger partial charge in [0, 0.05) is 6.07 Å². The van der Waals surface area contributed by atoms with Crippen LogP contribution in [-0.2, 0) is 9.47 Å². The maximum absolute atomic E-state index is 11.9. The Morgan fingerprint density at radius 3 is 1.94 bits per heavy atom. The van der Waals surface area contributed by atoms with Gasteiger partial charge in [-0.1, -0.05) is 0 Å². The third kappa shape index (κ3) is 4.28. The van der Waals surface area contributed by atoms with E-state index in [2.05, 4.69) is 0 Å². The number of aliphatic hydroxyl groups excluding tert-OH is 8. The molecule has 2 aliphatic heterocycles. The number of phenols is 2. The van der Waals surface area contributed by atoms with Crippen LogP contribution in [0.3, 0.4) is 0 Å². The standard InChI is InChI=1S/C21H26O15/c22-3-6-11(26)14(29)16(31)19(33-6)9-10(25)5-1-2-8(24)35-18(5)20(13(9)28)36-21-17(32)15(30)12(27)7(4-23)34-21/h1-2,6-7,11-12,14-17,19,21-23,25-32H,3-4H2/t6-,7+,11+,12+,14-,15-,16+,17+,19+,21-/m1/s1. The summed E-state index contributed by atoms with van der Waals surface area (Å²) in [5, 5.41) is 102. The van der Waals surface area contributed by atoms with Gasteiger partial charge in [0.25, 0.3) is 0 Å². The molecule has 2 fully saturated rings. The Labute approximate surface area is 201 Å². The van der Waals surface area contributed by atoms with E-state index in [0.717, 1.165) is 12.1 Å². The van der Waals surface area contributed by atoms with Crippen LogP contribution in [0.25, 0.3) is 11.0 Å². The summed E-state index contributed by atoms with van der Waals surface area (Å²) < 4.78 is 21.2. The fourth-order valence-electron chi connectivity index (χ4n) is 4.26. The van der Waals surface area contributed by atoms with Crippen molar-refractivity contribution in [2.45, 2.75) is 61.2 Å². The highest BCUT2D eigenvalue weighted by molar-refractivity contribution is 5.92.